The molecule has 3 aromatic rings. The van der Waals surface area contributed by atoms with E-state index in [0.29, 0.717) is 29.3 Å². The lowest BCUT2D eigenvalue weighted by Crippen LogP contribution is -2.33. The Kier molecular flexibility index (Phi) is 5.20. The van der Waals surface area contributed by atoms with Crippen molar-refractivity contribution in [2.75, 3.05) is 6.54 Å². The smallest absolute Gasteiger partial charge is 0.251 e. The SMILES string of the molecule is Cc1nnc(-c2cccc(C(=O)NCC(O)Cc3ccccc3)c2)o1. The second-order valence-corrected chi connectivity index (χ2v) is 5.76. The van der Waals surface area contributed by atoms with Gasteiger partial charge >= 0.3 is 0 Å². The van der Waals surface area contributed by atoms with E-state index in [0.717, 1.165) is 5.56 Å². The first-order chi connectivity index (χ1) is 12.1. The summed E-state index contributed by atoms with van der Waals surface area (Å²) in [7, 11) is 0. The van der Waals surface area contributed by atoms with Gasteiger partial charge in [-0.3, -0.25) is 4.79 Å². The predicted molar refractivity (Wildman–Crippen MR) is 93.0 cm³/mol. The highest BCUT2D eigenvalue weighted by atomic mass is 16.4. The zero-order valence-corrected chi connectivity index (χ0v) is 13.8. The fraction of sp³-hybridized carbons (Fsp3) is 0.211. The molecule has 3 rings (SSSR count). The Hall–Kier alpha value is -2.99. The van der Waals surface area contributed by atoms with E-state index >= 15 is 0 Å². The molecule has 1 amide bonds. The fourth-order valence-corrected chi connectivity index (χ4v) is 2.48. The van der Waals surface area contributed by atoms with E-state index < -0.39 is 6.10 Å². The highest BCUT2D eigenvalue weighted by Gasteiger charge is 2.12. The zero-order valence-electron chi connectivity index (χ0n) is 13.8. The van der Waals surface area contributed by atoms with E-state index in [1.165, 1.54) is 0 Å². The maximum absolute atomic E-state index is 12.3. The number of nitrogens with zero attached hydrogens (tertiary/aromatic N) is 2. The van der Waals surface area contributed by atoms with Gasteiger partial charge in [-0.1, -0.05) is 36.4 Å². The van der Waals surface area contributed by atoms with Gasteiger partial charge in [0.1, 0.15) is 0 Å². The summed E-state index contributed by atoms with van der Waals surface area (Å²) in [5, 5.41) is 20.6. The average Bonchev–Trinajstić information content (AvgIpc) is 3.07. The monoisotopic (exact) mass is 337 g/mol. The molecule has 0 saturated heterocycles. The molecule has 1 heterocycles. The molecule has 25 heavy (non-hydrogen) atoms. The molecule has 0 bridgehead atoms. The molecule has 0 radical (unpaired) electrons. The Labute approximate surface area is 145 Å². The summed E-state index contributed by atoms with van der Waals surface area (Å²) in [6, 6.07) is 16.6. The summed E-state index contributed by atoms with van der Waals surface area (Å²) in [6.45, 7) is 1.89. The van der Waals surface area contributed by atoms with Gasteiger partial charge in [-0.25, -0.2) is 0 Å². The van der Waals surface area contributed by atoms with Crippen molar-refractivity contribution in [1.29, 1.82) is 0 Å². The molecule has 6 nitrogen and oxygen atoms in total. The molecule has 1 atom stereocenters. The Balaban J connectivity index is 1.60. The second kappa shape index (κ2) is 7.72. The molecule has 0 aliphatic rings. The number of aliphatic hydroxyl groups excluding tert-OH is 1. The van der Waals surface area contributed by atoms with Gasteiger partial charge < -0.3 is 14.8 Å². The third-order valence-corrected chi connectivity index (χ3v) is 3.71. The van der Waals surface area contributed by atoms with Crippen LogP contribution in [0, 0.1) is 6.92 Å². The summed E-state index contributed by atoms with van der Waals surface area (Å²) in [6.07, 6.45) is -0.157. The van der Waals surface area contributed by atoms with E-state index in [4.69, 9.17) is 4.42 Å². The van der Waals surface area contributed by atoms with Gasteiger partial charge in [0, 0.05) is 31.0 Å². The van der Waals surface area contributed by atoms with Crippen molar-refractivity contribution < 1.29 is 14.3 Å². The van der Waals surface area contributed by atoms with Crippen molar-refractivity contribution in [3.63, 3.8) is 0 Å². The maximum Gasteiger partial charge on any atom is 0.251 e. The summed E-state index contributed by atoms with van der Waals surface area (Å²) >= 11 is 0. The van der Waals surface area contributed by atoms with Crippen molar-refractivity contribution in [2.45, 2.75) is 19.4 Å². The van der Waals surface area contributed by atoms with Gasteiger partial charge in [0.15, 0.2) is 0 Å². The summed E-state index contributed by atoms with van der Waals surface area (Å²) in [5.74, 6) is 0.579. The number of aryl methyl sites for hydroxylation is 1. The third kappa shape index (κ3) is 4.51. The normalized spacial score (nSPS) is 11.9. The molecule has 0 spiro atoms. The van der Waals surface area contributed by atoms with Crippen LogP contribution in [0.15, 0.2) is 59.0 Å². The summed E-state index contributed by atoms with van der Waals surface area (Å²) in [5.41, 5.74) is 2.18. The number of aliphatic hydroxyl groups is 1. The van der Waals surface area contributed by atoms with Gasteiger partial charge in [-0.05, 0) is 23.8 Å². The second-order valence-electron chi connectivity index (χ2n) is 5.76. The highest BCUT2D eigenvalue weighted by molar-refractivity contribution is 5.95. The highest BCUT2D eigenvalue weighted by Crippen LogP contribution is 2.18. The summed E-state index contributed by atoms with van der Waals surface area (Å²) < 4.78 is 5.37. The average molecular weight is 337 g/mol. The number of aromatic nitrogens is 2. The van der Waals surface area contributed by atoms with E-state index in [1.54, 1.807) is 31.2 Å². The number of carbonyl (C=O) groups is 1. The molecule has 1 aromatic heterocycles. The first kappa shape index (κ1) is 16.9. The van der Waals surface area contributed by atoms with Crippen LogP contribution in [0.3, 0.4) is 0 Å². The van der Waals surface area contributed by atoms with Crippen molar-refractivity contribution in [3.05, 3.63) is 71.6 Å². The number of benzene rings is 2. The zero-order chi connectivity index (χ0) is 17.6. The fourth-order valence-electron chi connectivity index (χ4n) is 2.48. The Morgan fingerprint density at radius 1 is 1.16 bits per heavy atom. The van der Waals surface area contributed by atoms with Crippen LogP contribution in [0.4, 0.5) is 0 Å². The minimum Gasteiger partial charge on any atom is -0.421 e. The van der Waals surface area contributed by atoms with Crippen molar-refractivity contribution in [3.8, 4) is 11.5 Å². The molecule has 6 heteroatoms. The van der Waals surface area contributed by atoms with Crippen molar-refractivity contribution >= 4 is 5.91 Å². The van der Waals surface area contributed by atoms with E-state index in [-0.39, 0.29) is 12.5 Å². The van der Waals surface area contributed by atoms with Gasteiger partial charge in [0.2, 0.25) is 11.8 Å². The molecular formula is C19H19N3O3. The molecule has 2 N–H and O–H groups in total. The van der Waals surface area contributed by atoms with Crippen LogP contribution in [-0.2, 0) is 6.42 Å². The first-order valence-corrected chi connectivity index (χ1v) is 8.02. The lowest BCUT2D eigenvalue weighted by molar-refractivity contribution is 0.0916. The quantitative estimate of drug-likeness (QED) is 0.721. The van der Waals surface area contributed by atoms with Gasteiger partial charge in [-0.2, -0.15) is 0 Å². The third-order valence-electron chi connectivity index (χ3n) is 3.71. The van der Waals surface area contributed by atoms with Crippen LogP contribution in [0.25, 0.3) is 11.5 Å². The molecule has 0 saturated carbocycles. The number of nitrogens with one attached hydrogen (secondary N) is 1. The first-order valence-electron chi connectivity index (χ1n) is 8.02. The number of hydrogen-bond acceptors (Lipinski definition) is 5. The number of hydrogen-bond donors (Lipinski definition) is 2. The topological polar surface area (TPSA) is 88.2 Å². The number of carbonyl (C=O) groups excluding carboxylic acids is 1. The molecule has 2 aromatic carbocycles. The van der Waals surface area contributed by atoms with Crippen LogP contribution < -0.4 is 5.32 Å². The molecule has 0 aliphatic heterocycles. The Morgan fingerprint density at radius 2 is 1.96 bits per heavy atom. The van der Waals surface area contributed by atoms with Gasteiger partial charge in [-0.15, -0.1) is 10.2 Å². The summed E-state index contributed by atoms with van der Waals surface area (Å²) in [4.78, 5) is 12.3. The standard InChI is InChI=1S/C19H19N3O3/c1-13-21-22-19(25-13)16-9-5-8-15(11-16)18(24)20-12-17(23)10-14-6-3-2-4-7-14/h2-9,11,17,23H,10,12H2,1H3,(H,20,24). The number of rotatable bonds is 6. The van der Waals surface area contributed by atoms with E-state index in [2.05, 4.69) is 15.5 Å². The molecule has 1 unspecified atom stereocenters. The van der Waals surface area contributed by atoms with E-state index in [9.17, 15) is 9.90 Å². The van der Waals surface area contributed by atoms with Gasteiger partial charge in [0.05, 0.1) is 6.10 Å². The van der Waals surface area contributed by atoms with Crippen LogP contribution in [-0.4, -0.2) is 33.9 Å². The minimum absolute atomic E-state index is 0.178. The minimum atomic E-state index is -0.645. The Morgan fingerprint density at radius 3 is 2.68 bits per heavy atom. The predicted octanol–water partition coefficient (Wildman–Crippen LogP) is 2.38. The van der Waals surface area contributed by atoms with E-state index in [1.807, 2.05) is 30.3 Å². The lowest BCUT2D eigenvalue weighted by Gasteiger charge is -2.12. The molecular weight excluding hydrogens is 318 g/mol. The van der Waals surface area contributed by atoms with Crippen molar-refractivity contribution in [1.82, 2.24) is 15.5 Å². The van der Waals surface area contributed by atoms with Crippen LogP contribution in [0.2, 0.25) is 0 Å². The number of amides is 1. The Bertz CT molecular complexity index is 846. The lowest BCUT2D eigenvalue weighted by atomic mass is 10.1. The largest absolute Gasteiger partial charge is 0.421 e. The molecule has 0 aliphatic carbocycles. The maximum atomic E-state index is 12.3. The van der Waals surface area contributed by atoms with Crippen molar-refractivity contribution in [2.24, 2.45) is 0 Å². The molecule has 128 valence electrons. The van der Waals surface area contributed by atoms with Crippen LogP contribution in [0.1, 0.15) is 21.8 Å². The molecule has 0 fully saturated rings. The van der Waals surface area contributed by atoms with Gasteiger partial charge in [0.25, 0.3) is 5.91 Å². The van der Waals surface area contributed by atoms with Crippen LogP contribution in [0.5, 0.6) is 0 Å². The van der Waals surface area contributed by atoms with Crippen LogP contribution >= 0.6 is 0 Å².